The fraction of sp³-hybridized carbons (Fsp3) is 0. The van der Waals surface area contributed by atoms with E-state index >= 15 is 0 Å². The number of nitrogens with one attached hydrogen (secondary N) is 1. The third kappa shape index (κ3) is 78.3. The van der Waals surface area contributed by atoms with E-state index in [4.69, 9.17) is 5.41 Å². The van der Waals surface area contributed by atoms with E-state index in [1.54, 1.807) is 0 Å². The molecule has 5 heavy (non-hydrogen) atoms. The zero-order valence-corrected chi connectivity index (χ0v) is 6.20. The van der Waals surface area contributed by atoms with Gasteiger partial charge in [0.2, 0.25) is 0 Å². The van der Waals surface area contributed by atoms with E-state index in [0.717, 1.165) is 6.21 Å². The normalized spacial score (nSPS) is 2.40. The van der Waals surface area contributed by atoms with Crippen LogP contribution < -0.4 is 0 Å². The summed E-state index contributed by atoms with van der Waals surface area (Å²) in [5.41, 5.74) is 0. The first-order valence-electron chi connectivity index (χ1n) is 0.697. The Labute approximate surface area is 58.5 Å². The van der Waals surface area contributed by atoms with Crippen LogP contribution in [0.1, 0.15) is 0 Å². The van der Waals surface area contributed by atoms with E-state index in [2.05, 4.69) is 6.92 Å². The molecule has 1 N–H and O–H groups in total. The maximum Gasteiger partial charge on any atom is 0 e. The second kappa shape index (κ2) is 22.8. The van der Waals surface area contributed by atoms with Crippen molar-refractivity contribution in [1.82, 2.24) is 0 Å². The van der Waals surface area contributed by atoms with E-state index in [0.29, 0.717) is 0 Å². The minimum Gasteiger partial charge on any atom is -0.365 e. The summed E-state index contributed by atoms with van der Waals surface area (Å²) in [4.78, 5) is 0. The first kappa shape index (κ1) is 17.4. The molecule has 0 aliphatic carbocycles. The molecule has 0 unspecified atom stereocenters. The van der Waals surface area contributed by atoms with Crippen molar-refractivity contribution in [3.05, 3.63) is 14.4 Å². The van der Waals surface area contributed by atoms with Gasteiger partial charge in [0, 0.05) is 32.7 Å². The number of rotatable bonds is 0. The fourth-order valence-electron chi connectivity index (χ4n) is 0. The minimum atomic E-state index is 0. The monoisotopic (exact) mass is 146 g/mol. The summed E-state index contributed by atoms with van der Waals surface area (Å²) >= 11 is 0. The third-order valence-corrected chi connectivity index (χ3v) is 0. The summed E-state index contributed by atoms with van der Waals surface area (Å²) in [6.07, 6.45) is 1.00. The molecule has 0 saturated heterocycles. The largest absolute Gasteiger partial charge is 0.365 e. The Morgan fingerprint density at radius 1 is 1.60 bits per heavy atom. The molecule has 0 bridgehead atoms. The van der Waals surface area contributed by atoms with Crippen LogP contribution in [0.15, 0.2) is 0 Å². The third-order valence-electron chi connectivity index (χ3n) is 0. The molecular formula is C3H7NY-2. The second-order valence-corrected chi connectivity index (χ2v) is 0.204. The molecule has 0 aliphatic heterocycles. The van der Waals surface area contributed by atoms with Crippen molar-refractivity contribution in [1.29, 1.82) is 5.41 Å². The molecule has 1 radical (unpaired) electrons. The maximum atomic E-state index is 5.97. The molecule has 2 heteroatoms. The summed E-state index contributed by atoms with van der Waals surface area (Å²) in [5.74, 6) is 0. The Morgan fingerprint density at radius 3 is 1.60 bits per heavy atom. The maximum absolute atomic E-state index is 5.97. The van der Waals surface area contributed by atoms with Crippen LogP contribution >= 0.6 is 0 Å². The minimum absolute atomic E-state index is 0. The SMILES string of the molecule is [CH2-]C=N.[CH3-].[Y]. The Bertz CT molecular complexity index is 14.4. The van der Waals surface area contributed by atoms with Gasteiger partial charge in [0.15, 0.2) is 0 Å². The first-order valence-corrected chi connectivity index (χ1v) is 0.697. The van der Waals surface area contributed by atoms with Crippen molar-refractivity contribution in [2.24, 2.45) is 0 Å². The van der Waals surface area contributed by atoms with E-state index in [-0.39, 0.29) is 40.1 Å². The molecule has 29 valence electrons. The predicted octanol–water partition coefficient (Wildman–Crippen LogP) is 0.918. The zero-order chi connectivity index (χ0) is 2.71. The molecule has 0 atom stereocenters. The summed E-state index contributed by atoms with van der Waals surface area (Å²) in [7, 11) is 0. The summed E-state index contributed by atoms with van der Waals surface area (Å²) in [5, 5.41) is 5.97. The zero-order valence-electron chi connectivity index (χ0n) is 3.36. The van der Waals surface area contributed by atoms with Gasteiger partial charge in [-0.1, -0.05) is 0 Å². The Kier molecular flexibility index (Phi) is 79.5. The van der Waals surface area contributed by atoms with Crippen LogP contribution in [-0.4, -0.2) is 6.21 Å². The van der Waals surface area contributed by atoms with E-state index in [1.807, 2.05) is 0 Å². The molecule has 0 amide bonds. The van der Waals surface area contributed by atoms with Crippen molar-refractivity contribution >= 4 is 6.21 Å². The molecule has 0 aliphatic rings. The van der Waals surface area contributed by atoms with Gasteiger partial charge in [0.05, 0.1) is 0 Å². The molecule has 1 nitrogen and oxygen atoms in total. The summed E-state index contributed by atoms with van der Waals surface area (Å²) < 4.78 is 0. The molecule has 0 aromatic carbocycles. The standard InChI is InChI=1S/C2H4N.CH3.Y/c1-2-3;;/h2-3H,1H2;1H3;/q2*-1;. The quantitative estimate of drug-likeness (QED) is 0.388. The number of hydrogen-bond donors (Lipinski definition) is 1. The molecule has 0 aromatic rings. The molecule has 0 fully saturated rings. The van der Waals surface area contributed by atoms with Gasteiger partial charge >= 0.3 is 0 Å². The van der Waals surface area contributed by atoms with Gasteiger partial charge in [-0.3, -0.25) is 0 Å². The van der Waals surface area contributed by atoms with Gasteiger partial charge in [-0.2, -0.15) is 0 Å². The number of hydrogen-bond acceptors (Lipinski definition) is 1. The molecular weight excluding hydrogens is 139 g/mol. The fourth-order valence-corrected chi connectivity index (χ4v) is 0. The van der Waals surface area contributed by atoms with Crippen molar-refractivity contribution in [2.45, 2.75) is 0 Å². The van der Waals surface area contributed by atoms with Crippen molar-refractivity contribution in [2.75, 3.05) is 0 Å². The van der Waals surface area contributed by atoms with E-state index in [9.17, 15) is 0 Å². The Morgan fingerprint density at radius 2 is 1.60 bits per heavy atom. The van der Waals surface area contributed by atoms with Crippen molar-refractivity contribution < 1.29 is 32.7 Å². The predicted molar refractivity (Wildman–Crippen MR) is 20.6 cm³/mol. The van der Waals surface area contributed by atoms with Crippen LogP contribution in [0.3, 0.4) is 0 Å². The summed E-state index contributed by atoms with van der Waals surface area (Å²) in [6.45, 7) is 3.03. The van der Waals surface area contributed by atoms with Gasteiger partial charge in [-0.15, -0.1) is 6.21 Å². The average Bonchev–Trinajstić information content (AvgIpc) is 0.918. The van der Waals surface area contributed by atoms with Crippen LogP contribution in [-0.2, 0) is 32.7 Å². The van der Waals surface area contributed by atoms with Gasteiger partial charge in [0.1, 0.15) is 0 Å². The van der Waals surface area contributed by atoms with Crippen LogP contribution in [0, 0.1) is 19.8 Å². The van der Waals surface area contributed by atoms with Crippen LogP contribution in [0.4, 0.5) is 0 Å². The van der Waals surface area contributed by atoms with Crippen molar-refractivity contribution in [3.8, 4) is 0 Å². The smallest absolute Gasteiger partial charge is 0 e. The van der Waals surface area contributed by atoms with Gasteiger partial charge in [-0.05, 0) is 0 Å². The molecule has 0 aromatic heterocycles. The van der Waals surface area contributed by atoms with Crippen LogP contribution in [0.2, 0.25) is 0 Å². The topological polar surface area (TPSA) is 23.9 Å². The van der Waals surface area contributed by atoms with Gasteiger partial charge < -0.3 is 19.8 Å². The van der Waals surface area contributed by atoms with E-state index in [1.165, 1.54) is 0 Å². The van der Waals surface area contributed by atoms with Crippen molar-refractivity contribution in [3.63, 3.8) is 0 Å². The molecule has 0 saturated carbocycles. The molecule has 0 spiro atoms. The Hall–Kier alpha value is 0.644. The average molecular weight is 146 g/mol. The first-order chi connectivity index (χ1) is 1.41. The summed E-state index contributed by atoms with van der Waals surface area (Å²) in [6, 6.07) is 0. The Balaban J connectivity index is -0.0000000200. The van der Waals surface area contributed by atoms with E-state index < -0.39 is 0 Å². The molecule has 0 rings (SSSR count). The second-order valence-electron chi connectivity index (χ2n) is 0.204. The van der Waals surface area contributed by atoms with Gasteiger partial charge in [0.25, 0.3) is 0 Å². The molecule has 0 heterocycles. The van der Waals surface area contributed by atoms with Crippen LogP contribution in [0.25, 0.3) is 0 Å². The van der Waals surface area contributed by atoms with Crippen LogP contribution in [0.5, 0.6) is 0 Å². The van der Waals surface area contributed by atoms with Gasteiger partial charge in [-0.25, -0.2) is 0 Å².